The second kappa shape index (κ2) is 21.6. The van der Waals surface area contributed by atoms with Crippen LogP contribution in [0, 0.1) is 20.0 Å². The summed E-state index contributed by atoms with van der Waals surface area (Å²) < 4.78 is 34.0. The summed E-state index contributed by atoms with van der Waals surface area (Å²) in [5.74, 6) is -0.429. The first-order valence-electron chi connectivity index (χ1n) is 10.3. The van der Waals surface area contributed by atoms with Crippen LogP contribution in [-0.2, 0) is 45.0 Å². The van der Waals surface area contributed by atoms with Gasteiger partial charge in [0.15, 0.2) is 14.1 Å². The molecular formula is C24H39FeNO8Si. The van der Waals surface area contributed by atoms with Crippen LogP contribution in [0.2, 0.25) is 18.1 Å². The fourth-order valence-corrected chi connectivity index (χ4v) is 3.53. The van der Waals surface area contributed by atoms with E-state index >= 15 is 0 Å². The first-order chi connectivity index (χ1) is 15.5. The minimum atomic E-state index is -2.17. The smallest absolute Gasteiger partial charge is 0 e. The molecule has 11 heteroatoms. The number of aliphatic hydroxyl groups excluding tert-OH is 1. The van der Waals surface area contributed by atoms with Crippen LogP contribution < -0.4 is 5.32 Å². The van der Waals surface area contributed by atoms with Gasteiger partial charge in [-0.05, 0) is 58.8 Å². The van der Waals surface area contributed by atoms with Crippen LogP contribution in [0.3, 0.4) is 0 Å². The van der Waals surface area contributed by atoms with E-state index < -0.39 is 44.0 Å². The molecule has 0 radical (unpaired) electrons. The minimum absolute atomic E-state index is 0. The second-order valence-electron chi connectivity index (χ2n) is 9.49. The average Bonchev–Trinajstić information content (AvgIpc) is 2.73. The van der Waals surface area contributed by atoms with Crippen molar-refractivity contribution in [3.05, 3.63) is 44.3 Å². The van der Waals surface area contributed by atoms with Crippen molar-refractivity contribution in [2.75, 3.05) is 0 Å². The predicted octanol–water partition coefficient (Wildman–Crippen LogP) is 4.24. The fraction of sp³-hybridized carbons (Fsp3) is 0.625. The van der Waals surface area contributed by atoms with Gasteiger partial charge in [0.1, 0.15) is 17.7 Å². The molecule has 0 heterocycles. The Kier molecular flexibility index (Phi) is 26.7. The molecule has 2 unspecified atom stereocenters. The molecule has 35 heavy (non-hydrogen) atoms. The van der Waals surface area contributed by atoms with Gasteiger partial charge in [-0.2, -0.15) is 0 Å². The molecule has 0 aromatic heterocycles. The van der Waals surface area contributed by atoms with Gasteiger partial charge in [-0.1, -0.05) is 39.0 Å². The first-order valence-corrected chi connectivity index (χ1v) is 13.2. The van der Waals surface area contributed by atoms with Gasteiger partial charge >= 0.3 is 40.0 Å². The maximum Gasteiger partial charge on any atom is 0 e. The molecule has 0 aliphatic carbocycles. The molecule has 0 aliphatic heterocycles. The van der Waals surface area contributed by atoms with E-state index in [9.17, 15) is 14.7 Å². The maximum absolute atomic E-state index is 12.6. The summed E-state index contributed by atoms with van der Waals surface area (Å²) in [5.41, 5.74) is -0.716. The van der Waals surface area contributed by atoms with E-state index in [4.69, 9.17) is 23.1 Å². The standard InChI is InChI=1S/C21H39NO5Si.3CO.Fe/c1-11-12-13-14-16(23)17(22-19(25)26-20(3,4)5)18(24)15(2)27-28(9,10)21(6,7)8;3*1-2;/h11-15,17-18,24H,1-10H3,(H,22,25);;;;/b12-11+,14-13+;;;;/t15-,17?,18?;;;;/m1..../s1. The van der Waals surface area contributed by atoms with Gasteiger partial charge in [-0.15, -0.1) is 0 Å². The zero-order valence-electron chi connectivity index (χ0n) is 22.2. The van der Waals surface area contributed by atoms with Crippen LogP contribution in [-0.4, -0.2) is 49.2 Å². The topological polar surface area (TPSA) is 145 Å². The predicted molar refractivity (Wildman–Crippen MR) is 128 cm³/mol. The van der Waals surface area contributed by atoms with E-state index in [-0.39, 0.29) is 22.1 Å². The normalized spacial score (nSPS) is 13.6. The van der Waals surface area contributed by atoms with Crippen molar-refractivity contribution in [2.24, 2.45) is 0 Å². The first kappa shape index (κ1) is 43.4. The zero-order chi connectivity index (χ0) is 28.3. The second-order valence-corrected chi connectivity index (χ2v) is 14.2. The number of nitrogens with one attached hydrogen (secondary N) is 1. The third-order valence-corrected chi connectivity index (χ3v) is 9.23. The quantitative estimate of drug-likeness (QED) is 0.152. The van der Waals surface area contributed by atoms with Gasteiger partial charge in [0, 0.05) is 17.1 Å². The van der Waals surface area contributed by atoms with E-state index in [1.54, 1.807) is 45.9 Å². The van der Waals surface area contributed by atoms with Crippen molar-refractivity contribution < 1.29 is 54.9 Å². The van der Waals surface area contributed by atoms with E-state index in [2.05, 4.69) is 59.1 Å². The number of allylic oxidation sites excluding steroid dienone is 3. The number of carbonyl (C=O) groups is 2. The summed E-state index contributed by atoms with van der Waals surface area (Å²) in [7, 11) is -2.17. The Balaban J connectivity index is -0.000000395. The minimum Gasteiger partial charge on any atom is 0 e. The molecular weight excluding hydrogens is 514 g/mol. The molecule has 0 bridgehead atoms. The number of hydrogen-bond acceptors (Lipinski definition) is 5. The molecule has 0 saturated heterocycles. The third kappa shape index (κ3) is 20.2. The van der Waals surface area contributed by atoms with E-state index in [1.807, 2.05) is 6.92 Å². The summed E-state index contributed by atoms with van der Waals surface area (Å²) in [5, 5.41) is 13.3. The van der Waals surface area contributed by atoms with Crippen LogP contribution in [0.5, 0.6) is 0 Å². The Morgan fingerprint density at radius 3 is 1.74 bits per heavy atom. The maximum atomic E-state index is 12.6. The molecule has 0 aromatic rings. The molecule has 3 atom stereocenters. The van der Waals surface area contributed by atoms with Crippen LogP contribution in [0.15, 0.2) is 24.3 Å². The number of hydrogen-bond donors (Lipinski definition) is 2. The third-order valence-electron chi connectivity index (χ3n) is 4.65. The van der Waals surface area contributed by atoms with Crippen LogP contribution in [0.1, 0.15) is 55.4 Å². The van der Waals surface area contributed by atoms with Gasteiger partial charge < -0.3 is 19.6 Å². The Morgan fingerprint density at radius 2 is 1.40 bits per heavy atom. The Morgan fingerprint density at radius 1 is 0.971 bits per heavy atom. The molecule has 1 amide bonds. The zero-order valence-corrected chi connectivity index (χ0v) is 24.3. The number of ether oxygens (including phenoxy) is 1. The fourth-order valence-electron chi connectivity index (χ4n) is 2.11. The number of ketones is 1. The van der Waals surface area contributed by atoms with Crippen molar-refractivity contribution in [1.29, 1.82) is 0 Å². The van der Waals surface area contributed by atoms with E-state index in [1.165, 1.54) is 6.08 Å². The largest absolute Gasteiger partial charge is 0 e. The number of carbonyl (C=O) groups excluding carboxylic acids is 2. The van der Waals surface area contributed by atoms with Crippen LogP contribution >= 0.6 is 0 Å². The van der Waals surface area contributed by atoms with Crippen molar-refractivity contribution in [3.8, 4) is 0 Å². The molecule has 0 aromatic carbocycles. The van der Waals surface area contributed by atoms with Gasteiger partial charge in [0.05, 0.1) is 6.10 Å². The van der Waals surface area contributed by atoms with E-state index in [0.29, 0.717) is 0 Å². The molecule has 0 spiro atoms. The molecule has 0 fully saturated rings. The van der Waals surface area contributed by atoms with Gasteiger partial charge in [-0.3, -0.25) is 4.79 Å². The number of alkyl carbamates (subject to hydrolysis) is 1. The molecule has 0 saturated carbocycles. The van der Waals surface area contributed by atoms with Gasteiger partial charge in [0.25, 0.3) is 0 Å². The monoisotopic (exact) mass is 553 g/mol. The van der Waals surface area contributed by atoms with Crippen molar-refractivity contribution >= 4 is 20.2 Å². The van der Waals surface area contributed by atoms with Crippen molar-refractivity contribution in [3.63, 3.8) is 0 Å². The molecule has 0 rings (SSSR count). The summed E-state index contributed by atoms with van der Waals surface area (Å²) in [6, 6.07) is -1.17. The van der Waals surface area contributed by atoms with Gasteiger partial charge in [0.2, 0.25) is 0 Å². The van der Waals surface area contributed by atoms with Gasteiger partial charge in [-0.25, -0.2) is 4.79 Å². The van der Waals surface area contributed by atoms with Crippen LogP contribution in [0.25, 0.3) is 0 Å². The van der Waals surface area contributed by atoms with E-state index in [0.717, 1.165) is 0 Å². The molecule has 0 aliphatic rings. The Bertz CT molecular complexity index is 701. The Hall–Kier alpha value is -1.70. The summed E-state index contributed by atoms with van der Waals surface area (Å²) in [4.78, 5) is 24.8. The number of aliphatic hydroxyl groups is 1. The van der Waals surface area contributed by atoms with Crippen molar-refractivity contribution in [1.82, 2.24) is 5.32 Å². The summed E-state index contributed by atoms with van der Waals surface area (Å²) >= 11 is 0. The molecule has 9 nitrogen and oxygen atoms in total. The van der Waals surface area contributed by atoms with Crippen molar-refractivity contribution in [2.45, 2.75) is 97.4 Å². The summed E-state index contributed by atoms with van der Waals surface area (Å²) in [6.45, 7) is 32.7. The summed E-state index contributed by atoms with van der Waals surface area (Å²) in [6.07, 6.45) is 3.75. The SMILES string of the molecule is C/C=C/C=C/C(=O)C(NC(=O)OC(C)(C)C)C(O)[C@@H](C)O[Si](C)(C)C(C)(C)C.[C-]#[O+].[C-]#[O+].[C-]#[O+].[Fe]. The average molecular weight is 554 g/mol. The van der Waals surface area contributed by atoms with Crippen LogP contribution in [0.4, 0.5) is 4.79 Å². The Labute approximate surface area is 221 Å². The number of rotatable bonds is 8. The molecule has 200 valence electrons. The molecule has 2 N–H and O–H groups in total. The number of amides is 1.